The lowest BCUT2D eigenvalue weighted by Gasteiger charge is -2.35. The van der Waals surface area contributed by atoms with Crippen LogP contribution in [0.2, 0.25) is 0 Å². The van der Waals surface area contributed by atoms with Crippen molar-refractivity contribution >= 4 is 27.7 Å². The third-order valence-electron chi connectivity index (χ3n) is 7.07. The maximum absolute atomic E-state index is 13.9. The minimum Gasteiger partial charge on any atom is -0.352 e. The number of nitrogens with one attached hydrogen (secondary N) is 1. The molecule has 0 bridgehead atoms. The van der Waals surface area contributed by atoms with E-state index in [1.807, 2.05) is 38.1 Å². The molecule has 0 aromatic heterocycles. The number of rotatable bonds is 11. The van der Waals surface area contributed by atoms with Crippen molar-refractivity contribution in [3.8, 4) is 0 Å². The van der Waals surface area contributed by atoms with E-state index in [4.69, 9.17) is 0 Å². The second-order valence-electron chi connectivity index (χ2n) is 9.99. The van der Waals surface area contributed by atoms with Gasteiger partial charge >= 0.3 is 10.2 Å². The molecule has 1 atom stereocenters. The van der Waals surface area contributed by atoms with Gasteiger partial charge in [0.15, 0.2) is 0 Å². The lowest BCUT2D eigenvalue weighted by Crippen LogP contribution is -2.54. The molecule has 1 aliphatic rings. The van der Waals surface area contributed by atoms with Crippen molar-refractivity contribution < 1.29 is 22.4 Å². The molecule has 8 nitrogen and oxygen atoms in total. The largest absolute Gasteiger partial charge is 0.352 e. The molecular formula is C28H39FN4O4S. The number of anilines is 1. The van der Waals surface area contributed by atoms with Gasteiger partial charge in [-0.1, -0.05) is 50.5 Å². The minimum absolute atomic E-state index is 0.0746. The first-order valence-electron chi connectivity index (χ1n) is 13.1. The summed E-state index contributed by atoms with van der Waals surface area (Å²) in [7, 11) is -1.36. The van der Waals surface area contributed by atoms with Crippen LogP contribution in [0.5, 0.6) is 0 Å². The summed E-state index contributed by atoms with van der Waals surface area (Å²) in [4.78, 5) is 28.9. The zero-order valence-electron chi connectivity index (χ0n) is 22.7. The van der Waals surface area contributed by atoms with Crippen molar-refractivity contribution in [3.63, 3.8) is 0 Å². The van der Waals surface area contributed by atoms with Crippen molar-refractivity contribution in [2.24, 2.45) is 0 Å². The molecule has 1 fully saturated rings. The third kappa shape index (κ3) is 7.32. The SMILES string of the molecule is CC[C@H](C(=O)NC1CCCCC1)N(Cc1ccccc1C)C(=O)CN(c1ccc(F)cc1)S(=O)(=O)N(C)C. The number of hydrogen-bond donors (Lipinski definition) is 1. The molecule has 208 valence electrons. The highest BCUT2D eigenvalue weighted by atomic mass is 32.2. The van der Waals surface area contributed by atoms with Gasteiger partial charge in [-0.05, 0) is 61.6 Å². The van der Waals surface area contributed by atoms with Gasteiger partial charge in [-0.25, -0.2) is 8.70 Å². The summed E-state index contributed by atoms with van der Waals surface area (Å²) in [5, 5.41) is 3.13. The van der Waals surface area contributed by atoms with Gasteiger partial charge < -0.3 is 10.2 Å². The van der Waals surface area contributed by atoms with E-state index in [1.54, 1.807) is 0 Å². The Kier molecular flexibility index (Phi) is 10.3. The van der Waals surface area contributed by atoms with Gasteiger partial charge in [0.05, 0.1) is 5.69 Å². The summed E-state index contributed by atoms with van der Waals surface area (Å²) in [6, 6.07) is 11.8. The van der Waals surface area contributed by atoms with Crippen LogP contribution in [0.15, 0.2) is 48.5 Å². The number of aryl methyl sites for hydroxylation is 1. The van der Waals surface area contributed by atoms with Gasteiger partial charge in [0, 0.05) is 26.7 Å². The molecule has 38 heavy (non-hydrogen) atoms. The Hall–Kier alpha value is -2.98. The van der Waals surface area contributed by atoms with Crippen LogP contribution in [-0.4, -0.2) is 62.2 Å². The molecule has 1 aliphatic carbocycles. The highest BCUT2D eigenvalue weighted by Crippen LogP contribution is 2.23. The molecular weight excluding hydrogens is 507 g/mol. The first kappa shape index (κ1) is 29.6. The first-order valence-corrected chi connectivity index (χ1v) is 14.5. The summed E-state index contributed by atoms with van der Waals surface area (Å²) in [5.41, 5.74) is 1.99. The third-order valence-corrected chi connectivity index (χ3v) is 8.89. The number of amides is 2. The Labute approximate surface area is 226 Å². The van der Waals surface area contributed by atoms with Gasteiger partial charge in [-0.3, -0.25) is 9.59 Å². The van der Waals surface area contributed by atoms with Crippen molar-refractivity contribution in [1.82, 2.24) is 14.5 Å². The number of carbonyl (C=O) groups excluding carboxylic acids is 2. The first-order chi connectivity index (χ1) is 18.0. The summed E-state index contributed by atoms with van der Waals surface area (Å²) in [6.07, 6.45) is 5.46. The predicted octanol–water partition coefficient (Wildman–Crippen LogP) is 4.00. The normalized spacial score (nSPS) is 15.2. The molecule has 0 heterocycles. The average Bonchev–Trinajstić information content (AvgIpc) is 2.89. The van der Waals surface area contributed by atoms with Crippen molar-refractivity contribution in [3.05, 3.63) is 65.5 Å². The van der Waals surface area contributed by atoms with E-state index in [9.17, 15) is 22.4 Å². The lowest BCUT2D eigenvalue weighted by atomic mass is 9.95. The molecule has 0 aliphatic heterocycles. The maximum Gasteiger partial charge on any atom is 0.304 e. The fourth-order valence-corrected chi connectivity index (χ4v) is 5.81. The van der Waals surface area contributed by atoms with Gasteiger partial charge in [0.25, 0.3) is 0 Å². The van der Waals surface area contributed by atoms with E-state index < -0.39 is 34.5 Å². The number of halogens is 1. The fraction of sp³-hybridized carbons (Fsp3) is 0.500. The lowest BCUT2D eigenvalue weighted by molar-refractivity contribution is -0.140. The van der Waals surface area contributed by atoms with E-state index in [2.05, 4.69) is 5.32 Å². The number of hydrogen-bond acceptors (Lipinski definition) is 4. The smallest absolute Gasteiger partial charge is 0.304 e. The van der Waals surface area contributed by atoms with Crippen LogP contribution in [0.4, 0.5) is 10.1 Å². The standard InChI is InChI=1S/C28H39FN4O4S/c1-5-26(28(35)30-24-13-7-6-8-14-24)32(19-22-12-10-9-11-21(22)2)27(34)20-33(38(36,37)31(3)4)25-17-15-23(29)16-18-25/h9-12,15-18,24,26H,5-8,13-14,19-20H2,1-4H3,(H,30,35)/t26-/m1/s1. The number of carbonyl (C=O) groups is 2. The average molecular weight is 547 g/mol. The maximum atomic E-state index is 13.9. The number of nitrogens with zero attached hydrogens (tertiary/aromatic N) is 3. The van der Waals surface area contributed by atoms with E-state index in [1.165, 1.54) is 31.1 Å². The van der Waals surface area contributed by atoms with Gasteiger partial charge in [0.2, 0.25) is 11.8 Å². The van der Waals surface area contributed by atoms with E-state index in [-0.39, 0.29) is 24.2 Å². The summed E-state index contributed by atoms with van der Waals surface area (Å²) in [5.74, 6) is -1.27. The summed E-state index contributed by atoms with van der Waals surface area (Å²) >= 11 is 0. The van der Waals surface area contributed by atoms with Gasteiger partial charge in [-0.2, -0.15) is 12.7 Å². The van der Waals surface area contributed by atoms with Crippen LogP contribution < -0.4 is 9.62 Å². The van der Waals surface area contributed by atoms with Crippen LogP contribution in [0.1, 0.15) is 56.6 Å². The highest BCUT2D eigenvalue weighted by Gasteiger charge is 2.34. The Bertz CT molecular complexity index is 1200. The molecule has 2 aromatic carbocycles. The zero-order valence-corrected chi connectivity index (χ0v) is 23.5. The zero-order chi connectivity index (χ0) is 27.9. The second kappa shape index (κ2) is 13.2. The number of benzene rings is 2. The van der Waals surface area contributed by atoms with Crippen molar-refractivity contribution in [2.45, 2.75) is 71.0 Å². The van der Waals surface area contributed by atoms with Crippen LogP contribution in [-0.2, 0) is 26.3 Å². The van der Waals surface area contributed by atoms with E-state index in [0.29, 0.717) is 6.42 Å². The molecule has 2 aromatic rings. The Morgan fingerprint density at radius 2 is 1.66 bits per heavy atom. The second-order valence-corrected chi connectivity index (χ2v) is 12.1. The van der Waals surface area contributed by atoms with Crippen LogP contribution in [0.25, 0.3) is 0 Å². The minimum atomic E-state index is -4.09. The Morgan fingerprint density at radius 3 is 2.24 bits per heavy atom. The van der Waals surface area contributed by atoms with Gasteiger partial charge in [0.1, 0.15) is 18.4 Å². The summed E-state index contributed by atoms with van der Waals surface area (Å²) < 4.78 is 42.0. The van der Waals surface area contributed by atoms with Crippen LogP contribution in [0, 0.1) is 12.7 Å². The molecule has 0 saturated heterocycles. The fourth-order valence-electron chi connectivity index (χ4n) is 4.76. The molecule has 2 amide bonds. The van der Waals surface area contributed by atoms with Gasteiger partial charge in [-0.15, -0.1) is 0 Å². The van der Waals surface area contributed by atoms with Crippen molar-refractivity contribution in [1.29, 1.82) is 0 Å². The molecule has 10 heteroatoms. The predicted molar refractivity (Wildman–Crippen MR) is 147 cm³/mol. The Morgan fingerprint density at radius 1 is 1.03 bits per heavy atom. The molecule has 0 unspecified atom stereocenters. The molecule has 1 N–H and O–H groups in total. The van der Waals surface area contributed by atoms with E-state index >= 15 is 0 Å². The molecule has 0 radical (unpaired) electrons. The topological polar surface area (TPSA) is 90.0 Å². The quantitative estimate of drug-likeness (QED) is 0.461. The molecule has 3 rings (SSSR count). The van der Waals surface area contributed by atoms with Crippen LogP contribution >= 0.6 is 0 Å². The van der Waals surface area contributed by atoms with Crippen LogP contribution in [0.3, 0.4) is 0 Å². The summed E-state index contributed by atoms with van der Waals surface area (Å²) in [6.45, 7) is 3.40. The molecule has 1 saturated carbocycles. The monoisotopic (exact) mass is 546 g/mol. The highest BCUT2D eigenvalue weighted by molar-refractivity contribution is 7.90. The van der Waals surface area contributed by atoms with Crippen molar-refractivity contribution in [2.75, 3.05) is 24.9 Å². The Balaban J connectivity index is 1.96. The van der Waals surface area contributed by atoms with E-state index in [0.717, 1.165) is 64.0 Å². The molecule has 0 spiro atoms.